The van der Waals surface area contributed by atoms with Crippen molar-refractivity contribution in [3.8, 4) is 0 Å². The summed E-state index contributed by atoms with van der Waals surface area (Å²) in [4.78, 5) is 72.5. The van der Waals surface area contributed by atoms with E-state index in [9.17, 15) is 39.0 Å². The second-order valence-electron chi connectivity index (χ2n) is 7.01. The molecule has 0 fully saturated rings. The molecule has 0 aliphatic heterocycles. The number of ether oxygens (including phenoxy) is 2. The van der Waals surface area contributed by atoms with Gasteiger partial charge in [-0.25, -0.2) is 28.8 Å². The number of carboxylic acid groups (broad SMARTS) is 2. The molecule has 0 spiro atoms. The maximum absolute atomic E-state index is 12.6. The highest BCUT2D eigenvalue weighted by molar-refractivity contribution is 6.13. The van der Waals surface area contributed by atoms with E-state index < -0.39 is 58.1 Å². The van der Waals surface area contributed by atoms with Crippen molar-refractivity contribution >= 4 is 35.8 Å². The SMILES string of the molecule is C=CC.O=C(O)c1ccccc1C(=O)OC(=O)c1ccccc1C(=O)OC(=O)c1ccccc1C(=O)O. The number of esters is 4. The Bertz CT molecular complexity index is 1280. The van der Waals surface area contributed by atoms with Gasteiger partial charge in [-0.3, -0.25) is 0 Å². The number of hydrogen-bond acceptors (Lipinski definition) is 8. The predicted octanol–water partition coefficient (Wildman–Crippen LogP) is 4.27. The highest BCUT2D eigenvalue weighted by atomic mass is 16.6. The third kappa shape index (κ3) is 7.06. The van der Waals surface area contributed by atoms with Crippen molar-refractivity contribution in [2.75, 3.05) is 0 Å². The molecule has 0 bridgehead atoms. The summed E-state index contributed by atoms with van der Waals surface area (Å²) < 4.78 is 9.47. The van der Waals surface area contributed by atoms with Gasteiger partial charge in [0.2, 0.25) is 0 Å². The molecule has 3 rings (SSSR count). The van der Waals surface area contributed by atoms with E-state index in [1.807, 2.05) is 6.92 Å². The lowest BCUT2D eigenvalue weighted by Crippen LogP contribution is -2.21. The Morgan fingerprint density at radius 1 is 0.541 bits per heavy atom. The minimum Gasteiger partial charge on any atom is -0.478 e. The zero-order valence-electron chi connectivity index (χ0n) is 19.4. The number of aromatic carboxylic acids is 2. The highest BCUT2D eigenvalue weighted by Gasteiger charge is 2.26. The van der Waals surface area contributed by atoms with E-state index in [-0.39, 0.29) is 11.1 Å². The Kier molecular flexibility index (Phi) is 9.72. The first-order valence-electron chi connectivity index (χ1n) is 10.5. The fourth-order valence-electron chi connectivity index (χ4n) is 2.92. The molecular weight excluding hydrogens is 484 g/mol. The smallest absolute Gasteiger partial charge is 0.346 e. The van der Waals surface area contributed by atoms with E-state index >= 15 is 0 Å². The largest absolute Gasteiger partial charge is 0.478 e. The van der Waals surface area contributed by atoms with Crippen molar-refractivity contribution in [2.24, 2.45) is 0 Å². The van der Waals surface area contributed by atoms with Gasteiger partial charge >= 0.3 is 35.8 Å². The zero-order chi connectivity index (χ0) is 27.5. The van der Waals surface area contributed by atoms with Gasteiger partial charge in [0.25, 0.3) is 0 Å². The van der Waals surface area contributed by atoms with Crippen molar-refractivity contribution in [2.45, 2.75) is 6.92 Å². The topological polar surface area (TPSA) is 161 Å². The van der Waals surface area contributed by atoms with Crippen LogP contribution in [0.2, 0.25) is 0 Å². The number of carbonyl (C=O) groups is 6. The van der Waals surface area contributed by atoms with Crippen LogP contribution in [0.4, 0.5) is 0 Å². The number of carbonyl (C=O) groups excluding carboxylic acids is 4. The van der Waals surface area contributed by atoms with Gasteiger partial charge in [-0.1, -0.05) is 42.5 Å². The van der Waals surface area contributed by atoms with Crippen molar-refractivity contribution in [1.82, 2.24) is 0 Å². The first-order chi connectivity index (χ1) is 17.6. The molecule has 0 aromatic heterocycles. The van der Waals surface area contributed by atoms with Crippen LogP contribution >= 0.6 is 0 Å². The normalized spacial score (nSPS) is 9.65. The third-order valence-electron chi connectivity index (χ3n) is 4.49. The van der Waals surface area contributed by atoms with Crippen LogP contribution in [0.25, 0.3) is 0 Å². The van der Waals surface area contributed by atoms with Crippen LogP contribution in [-0.4, -0.2) is 46.0 Å². The average molecular weight is 504 g/mol. The van der Waals surface area contributed by atoms with E-state index in [4.69, 9.17) is 9.47 Å². The molecule has 0 atom stereocenters. The molecule has 37 heavy (non-hydrogen) atoms. The molecule has 10 nitrogen and oxygen atoms in total. The molecular formula is C27H20O10. The van der Waals surface area contributed by atoms with Gasteiger partial charge in [-0.05, 0) is 43.3 Å². The molecule has 3 aromatic carbocycles. The van der Waals surface area contributed by atoms with Crippen LogP contribution in [0.1, 0.15) is 69.1 Å². The quantitative estimate of drug-likeness (QED) is 0.282. The first kappa shape index (κ1) is 27.9. The summed E-state index contributed by atoms with van der Waals surface area (Å²) in [5, 5.41) is 18.4. The van der Waals surface area contributed by atoms with Gasteiger partial charge in [0, 0.05) is 0 Å². The standard InChI is InChI=1S/C24H14O10.C3H6/c25-19(26)13-7-1-3-9-15(13)21(29)33-23(31)17-11-5-6-12-18(17)24(32)34-22(30)16-10-4-2-8-14(16)20(27)28;1-3-2/h1-12H,(H,25,26)(H,27,28);3H,1H2,2H3. The number of carboxylic acids is 2. The number of rotatable bonds is 6. The second kappa shape index (κ2) is 12.9. The van der Waals surface area contributed by atoms with Gasteiger partial charge in [0.1, 0.15) is 0 Å². The molecule has 0 saturated heterocycles. The summed E-state index contributed by atoms with van der Waals surface area (Å²) >= 11 is 0. The third-order valence-corrected chi connectivity index (χ3v) is 4.49. The fraction of sp³-hybridized carbons (Fsp3) is 0.0370. The number of hydrogen-bond donors (Lipinski definition) is 2. The molecule has 0 radical (unpaired) electrons. The van der Waals surface area contributed by atoms with Crippen LogP contribution in [0.5, 0.6) is 0 Å². The Hall–Kier alpha value is -5.38. The Morgan fingerprint density at radius 3 is 0.946 bits per heavy atom. The van der Waals surface area contributed by atoms with Gasteiger partial charge in [-0.15, -0.1) is 6.58 Å². The Morgan fingerprint density at radius 2 is 0.730 bits per heavy atom. The molecule has 0 aliphatic carbocycles. The monoisotopic (exact) mass is 504 g/mol. The molecule has 0 unspecified atom stereocenters. The van der Waals surface area contributed by atoms with Crippen LogP contribution < -0.4 is 0 Å². The Labute approximate surface area is 210 Å². The molecule has 2 N–H and O–H groups in total. The van der Waals surface area contributed by atoms with Gasteiger partial charge in [-0.2, -0.15) is 0 Å². The van der Waals surface area contributed by atoms with Crippen LogP contribution in [0, 0.1) is 0 Å². The minimum atomic E-state index is -1.41. The number of allylic oxidation sites excluding steroid dienone is 1. The van der Waals surface area contributed by atoms with Crippen LogP contribution in [-0.2, 0) is 9.47 Å². The average Bonchev–Trinajstić information content (AvgIpc) is 2.88. The summed E-state index contributed by atoms with van der Waals surface area (Å²) in [6, 6.07) is 15.1. The molecule has 0 saturated carbocycles. The lowest BCUT2D eigenvalue weighted by atomic mass is 10.1. The van der Waals surface area contributed by atoms with Gasteiger partial charge < -0.3 is 19.7 Å². The van der Waals surface area contributed by atoms with E-state index in [0.29, 0.717) is 0 Å². The van der Waals surface area contributed by atoms with E-state index in [2.05, 4.69) is 6.58 Å². The van der Waals surface area contributed by atoms with Crippen molar-refractivity contribution < 1.29 is 48.5 Å². The van der Waals surface area contributed by atoms with Gasteiger partial charge in [0.05, 0.1) is 33.4 Å². The summed E-state index contributed by atoms with van der Waals surface area (Å²) in [5.74, 6) is -7.95. The minimum absolute atomic E-state index is 0.385. The highest BCUT2D eigenvalue weighted by Crippen LogP contribution is 2.17. The Balaban J connectivity index is 0.00000153. The molecule has 3 aromatic rings. The summed E-state index contributed by atoms with van der Waals surface area (Å²) in [7, 11) is 0. The van der Waals surface area contributed by atoms with Crippen molar-refractivity contribution in [1.29, 1.82) is 0 Å². The van der Waals surface area contributed by atoms with E-state index in [0.717, 1.165) is 36.4 Å². The summed E-state index contributed by atoms with van der Waals surface area (Å²) in [6.45, 7) is 5.25. The van der Waals surface area contributed by atoms with Gasteiger partial charge in [0.15, 0.2) is 0 Å². The van der Waals surface area contributed by atoms with Crippen molar-refractivity contribution in [3.05, 3.63) is 119 Å². The maximum Gasteiger partial charge on any atom is 0.346 e. The maximum atomic E-state index is 12.6. The van der Waals surface area contributed by atoms with E-state index in [1.165, 1.54) is 36.4 Å². The lowest BCUT2D eigenvalue weighted by molar-refractivity contribution is 0.0354. The first-order valence-corrected chi connectivity index (χ1v) is 10.5. The predicted molar refractivity (Wildman–Crippen MR) is 129 cm³/mol. The number of benzene rings is 3. The second-order valence-corrected chi connectivity index (χ2v) is 7.01. The van der Waals surface area contributed by atoms with E-state index in [1.54, 1.807) is 6.08 Å². The zero-order valence-corrected chi connectivity index (χ0v) is 19.4. The molecule has 0 heterocycles. The van der Waals surface area contributed by atoms with Crippen LogP contribution in [0.15, 0.2) is 85.5 Å². The molecule has 10 heteroatoms. The molecule has 0 amide bonds. The summed E-state index contributed by atoms with van der Waals surface area (Å²) in [5.41, 5.74) is -2.43. The molecule has 0 aliphatic rings. The lowest BCUT2D eigenvalue weighted by Gasteiger charge is -2.10. The molecule has 188 valence electrons. The summed E-state index contributed by atoms with van der Waals surface area (Å²) in [6.07, 6.45) is 1.75. The van der Waals surface area contributed by atoms with Crippen LogP contribution in [0.3, 0.4) is 0 Å². The van der Waals surface area contributed by atoms with Crippen molar-refractivity contribution in [3.63, 3.8) is 0 Å². The fourth-order valence-corrected chi connectivity index (χ4v) is 2.92.